The van der Waals surface area contributed by atoms with Crippen LogP contribution in [0.4, 0.5) is 0 Å². The summed E-state index contributed by atoms with van der Waals surface area (Å²) in [5.41, 5.74) is 0. The molecule has 1 saturated heterocycles. The van der Waals surface area contributed by atoms with Crippen LogP contribution in [-0.4, -0.2) is 48.6 Å². The third kappa shape index (κ3) is 3.55. The Morgan fingerprint density at radius 2 is 2.09 bits per heavy atom. The molecule has 8 heteroatoms. The van der Waals surface area contributed by atoms with Gasteiger partial charge >= 0.3 is 0 Å². The number of pyridine rings is 1. The minimum absolute atomic E-state index is 0.0709. The smallest absolute Gasteiger partial charge is 0.251 e. The van der Waals surface area contributed by atoms with Crippen LogP contribution < -0.4 is 4.73 Å². The Morgan fingerprint density at radius 3 is 2.68 bits per heavy atom. The molecule has 0 spiro atoms. The molecule has 0 bridgehead atoms. The van der Waals surface area contributed by atoms with E-state index in [1.165, 1.54) is 18.0 Å². The third-order valence-electron chi connectivity index (χ3n) is 3.96. The lowest BCUT2D eigenvalue weighted by atomic mass is 10.2. The van der Waals surface area contributed by atoms with Gasteiger partial charge in [-0.2, -0.15) is 4.73 Å². The van der Waals surface area contributed by atoms with E-state index in [-0.39, 0.29) is 35.2 Å². The normalized spacial score (nSPS) is 23.4. The summed E-state index contributed by atoms with van der Waals surface area (Å²) in [6, 6.07) is 5.05. The highest BCUT2D eigenvalue weighted by atomic mass is 32.2. The van der Waals surface area contributed by atoms with Crippen molar-refractivity contribution in [3.8, 4) is 0 Å². The predicted octanol–water partition coefficient (Wildman–Crippen LogP) is 0.590. The summed E-state index contributed by atoms with van der Waals surface area (Å²) in [4.78, 5) is 14.3. The highest BCUT2D eigenvalue weighted by Crippen LogP contribution is 2.33. The first-order chi connectivity index (χ1) is 10.5. The number of thioether (sulfide) groups is 1. The number of hydrogen-bond donors (Lipinski definition) is 0. The summed E-state index contributed by atoms with van der Waals surface area (Å²) in [6.07, 6.45) is 3.82. The fourth-order valence-corrected chi connectivity index (χ4v) is 5.28. The van der Waals surface area contributed by atoms with E-state index >= 15 is 0 Å². The number of hydrogen-bond acceptors (Lipinski definition) is 5. The first kappa shape index (κ1) is 15.6. The van der Waals surface area contributed by atoms with E-state index in [2.05, 4.69) is 0 Å². The number of carbonyl (C=O) groups excluding carboxylic acids is 1. The zero-order valence-electron chi connectivity index (χ0n) is 12.1. The summed E-state index contributed by atoms with van der Waals surface area (Å²) in [5, 5.41) is 12.1. The van der Waals surface area contributed by atoms with E-state index in [1.54, 1.807) is 23.1 Å². The van der Waals surface area contributed by atoms with Crippen LogP contribution in [0.2, 0.25) is 0 Å². The molecular formula is C14H18N2O4S2. The van der Waals surface area contributed by atoms with Crippen molar-refractivity contribution in [2.75, 3.05) is 17.3 Å². The number of amides is 1. The number of sulfone groups is 1. The summed E-state index contributed by atoms with van der Waals surface area (Å²) in [6.45, 7) is 0. The van der Waals surface area contributed by atoms with Crippen molar-refractivity contribution in [2.45, 2.75) is 36.4 Å². The Morgan fingerprint density at radius 1 is 1.32 bits per heavy atom. The molecule has 0 unspecified atom stereocenters. The average Bonchev–Trinajstić information content (AvgIpc) is 3.22. The van der Waals surface area contributed by atoms with E-state index in [1.807, 2.05) is 0 Å². The molecule has 120 valence electrons. The molecule has 22 heavy (non-hydrogen) atoms. The van der Waals surface area contributed by atoms with E-state index < -0.39 is 9.84 Å². The van der Waals surface area contributed by atoms with Gasteiger partial charge in [0.1, 0.15) is 0 Å². The maximum atomic E-state index is 12.5. The molecular weight excluding hydrogens is 324 g/mol. The topological polar surface area (TPSA) is 81.4 Å². The molecule has 1 aromatic heterocycles. The number of aromatic nitrogens is 1. The zero-order chi connectivity index (χ0) is 15.7. The van der Waals surface area contributed by atoms with Crippen LogP contribution in [0.5, 0.6) is 0 Å². The van der Waals surface area contributed by atoms with Gasteiger partial charge in [0.05, 0.1) is 17.3 Å². The molecule has 1 amide bonds. The van der Waals surface area contributed by atoms with Crippen LogP contribution in [0.1, 0.15) is 19.3 Å². The van der Waals surface area contributed by atoms with Crippen molar-refractivity contribution in [1.29, 1.82) is 0 Å². The molecule has 1 aliphatic carbocycles. The molecule has 0 aromatic carbocycles. The lowest BCUT2D eigenvalue weighted by Crippen LogP contribution is -2.44. The van der Waals surface area contributed by atoms with Crippen molar-refractivity contribution in [2.24, 2.45) is 0 Å². The molecule has 2 fully saturated rings. The molecule has 3 rings (SSSR count). The van der Waals surface area contributed by atoms with E-state index in [9.17, 15) is 18.4 Å². The Kier molecular flexibility index (Phi) is 4.31. The van der Waals surface area contributed by atoms with Gasteiger partial charge in [0.15, 0.2) is 16.0 Å². The summed E-state index contributed by atoms with van der Waals surface area (Å²) in [5.74, 6) is 0.339. The second-order valence-corrected chi connectivity index (χ2v) is 8.97. The van der Waals surface area contributed by atoms with Crippen molar-refractivity contribution in [3.63, 3.8) is 0 Å². The third-order valence-corrected chi connectivity index (χ3v) is 6.72. The van der Waals surface area contributed by atoms with Crippen molar-refractivity contribution in [3.05, 3.63) is 29.6 Å². The van der Waals surface area contributed by atoms with Gasteiger partial charge in [0.2, 0.25) is 5.91 Å². The Hall–Kier alpha value is -1.28. The van der Waals surface area contributed by atoms with Gasteiger partial charge in [-0.05, 0) is 37.1 Å². The van der Waals surface area contributed by atoms with Gasteiger partial charge in [-0.1, -0.05) is 0 Å². The number of rotatable bonds is 5. The van der Waals surface area contributed by atoms with E-state index in [4.69, 9.17) is 0 Å². The first-order valence-electron chi connectivity index (χ1n) is 7.29. The zero-order valence-corrected chi connectivity index (χ0v) is 13.7. The lowest BCUT2D eigenvalue weighted by molar-refractivity contribution is -0.645. The van der Waals surface area contributed by atoms with Crippen LogP contribution >= 0.6 is 11.8 Å². The van der Waals surface area contributed by atoms with Crippen molar-refractivity contribution >= 4 is 27.5 Å². The maximum absolute atomic E-state index is 12.5. The van der Waals surface area contributed by atoms with Crippen LogP contribution in [0.25, 0.3) is 0 Å². The summed E-state index contributed by atoms with van der Waals surface area (Å²) < 4.78 is 24.0. The largest absolute Gasteiger partial charge is 0.618 e. The minimum atomic E-state index is -3.01. The fourth-order valence-electron chi connectivity index (χ4n) is 2.79. The molecule has 2 aliphatic rings. The van der Waals surface area contributed by atoms with Crippen LogP contribution in [0.15, 0.2) is 29.4 Å². The number of nitrogens with zero attached hydrogens (tertiary/aromatic N) is 2. The van der Waals surface area contributed by atoms with Crippen LogP contribution in [-0.2, 0) is 14.6 Å². The van der Waals surface area contributed by atoms with E-state index in [0.29, 0.717) is 11.4 Å². The highest BCUT2D eigenvalue weighted by molar-refractivity contribution is 7.99. The van der Waals surface area contributed by atoms with Crippen LogP contribution in [0, 0.1) is 5.21 Å². The molecule has 1 aromatic rings. The monoisotopic (exact) mass is 342 g/mol. The lowest BCUT2D eigenvalue weighted by Gasteiger charge is -2.28. The molecule has 1 atom stereocenters. The first-order valence-corrected chi connectivity index (χ1v) is 10.1. The Bertz CT molecular complexity index is 673. The molecule has 0 radical (unpaired) electrons. The van der Waals surface area contributed by atoms with Gasteiger partial charge < -0.3 is 10.1 Å². The SMILES string of the molecule is O=C(CSc1cccc[n+]1[O-])N(C1CC1)[C@@H]1CCS(=O)(=O)C1. The minimum Gasteiger partial charge on any atom is -0.618 e. The summed E-state index contributed by atoms with van der Waals surface area (Å²) >= 11 is 1.20. The molecule has 1 saturated carbocycles. The molecule has 1 aliphatic heterocycles. The molecule has 6 nitrogen and oxygen atoms in total. The van der Waals surface area contributed by atoms with Crippen molar-refractivity contribution < 1.29 is 17.9 Å². The fraction of sp³-hybridized carbons (Fsp3) is 0.571. The van der Waals surface area contributed by atoms with Gasteiger partial charge in [-0.15, -0.1) is 0 Å². The van der Waals surface area contributed by atoms with Gasteiger partial charge in [0.25, 0.3) is 5.03 Å². The number of carbonyl (C=O) groups is 1. The van der Waals surface area contributed by atoms with Gasteiger partial charge in [0, 0.05) is 24.2 Å². The average molecular weight is 342 g/mol. The maximum Gasteiger partial charge on any atom is 0.251 e. The second kappa shape index (κ2) is 6.08. The molecule has 2 heterocycles. The standard InChI is InChI=1S/C14H18N2O4S2/c17-13(9-21-14-3-1-2-7-15(14)18)16(11-4-5-11)12-6-8-22(19,20)10-12/h1-3,7,11-12H,4-6,8-10H2/t12-/m1/s1. The predicted molar refractivity (Wildman–Crippen MR) is 83.1 cm³/mol. The second-order valence-electron chi connectivity index (χ2n) is 5.74. The Balaban J connectivity index is 1.65. The van der Waals surface area contributed by atoms with Gasteiger partial charge in [-0.3, -0.25) is 4.79 Å². The van der Waals surface area contributed by atoms with Gasteiger partial charge in [-0.25, -0.2) is 8.42 Å². The molecule has 0 N–H and O–H groups in total. The van der Waals surface area contributed by atoms with Crippen LogP contribution in [0.3, 0.4) is 0 Å². The van der Waals surface area contributed by atoms with E-state index in [0.717, 1.165) is 17.6 Å². The quantitative estimate of drug-likeness (QED) is 0.444. The summed E-state index contributed by atoms with van der Waals surface area (Å²) in [7, 11) is -3.01. The Labute approximate surface area is 134 Å². The van der Waals surface area contributed by atoms with Crippen molar-refractivity contribution in [1.82, 2.24) is 4.90 Å². The highest BCUT2D eigenvalue weighted by Gasteiger charge is 2.41.